The van der Waals surface area contributed by atoms with Gasteiger partial charge in [0.2, 0.25) is 0 Å². The summed E-state index contributed by atoms with van der Waals surface area (Å²) in [4.78, 5) is 0. The molecular weight excluding hydrogens is 210 g/mol. The zero-order valence-corrected chi connectivity index (χ0v) is 10.9. The smallest absolute Gasteiger partial charge is 0.0555 e. The summed E-state index contributed by atoms with van der Waals surface area (Å²) in [5.41, 5.74) is 4.12. The molecule has 2 N–H and O–H groups in total. The number of aryl methyl sites for hydroxylation is 2. The number of benzene rings is 1. The Morgan fingerprint density at radius 2 is 1.94 bits per heavy atom. The summed E-state index contributed by atoms with van der Waals surface area (Å²) < 4.78 is 0. The molecule has 1 aliphatic rings. The minimum absolute atomic E-state index is 0.0979. The second kappa shape index (κ2) is 5.65. The van der Waals surface area contributed by atoms with Gasteiger partial charge in [-0.05, 0) is 56.2 Å². The lowest BCUT2D eigenvalue weighted by molar-refractivity contribution is 0.111. The lowest BCUT2D eigenvalue weighted by atomic mass is 9.92. The molecule has 1 saturated carbocycles. The molecule has 1 aliphatic carbocycles. The maximum Gasteiger partial charge on any atom is 0.0555 e. The zero-order chi connectivity index (χ0) is 12.3. The van der Waals surface area contributed by atoms with Crippen LogP contribution < -0.4 is 5.32 Å². The summed E-state index contributed by atoms with van der Waals surface area (Å²) >= 11 is 0. The Hall–Kier alpha value is -0.860. The van der Waals surface area contributed by atoms with Crippen LogP contribution >= 0.6 is 0 Å². The standard InChI is InChI=1S/C15H23NO/c1-11-5-3-6-12(2)15(11)10-16-13-7-4-8-14(17)9-13/h3,5-6,13-14,16-17H,4,7-10H2,1-2H3. The maximum absolute atomic E-state index is 9.65. The summed E-state index contributed by atoms with van der Waals surface area (Å²) in [7, 11) is 0. The predicted molar refractivity (Wildman–Crippen MR) is 71.0 cm³/mol. The van der Waals surface area contributed by atoms with Crippen molar-refractivity contribution in [2.45, 2.75) is 58.2 Å². The third-order valence-electron chi connectivity index (χ3n) is 3.86. The summed E-state index contributed by atoms with van der Waals surface area (Å²) in [6.07, 6.45) is 4.12. The van der Waals surface area contributed by atoms with Crippen molar-refractivity contribution in [3.8, 4) is 0 Å². The minimum Gasteiger partial charge on any atom is -0.393 e. The van der Waals surface area contributed by atoms with Crippen LogP contribution in [0.5, 0.6) is 0 Å². The fourth-order valence-electron chi connectivity index (χ4n) is 2.72. The van der Waals surface area contributed by atoms with E-state index in [-0.39, 0.29) is 6.10 Å². The van der Waals surface area contributed by atoms with Gasteiger partial charge in [-0.15, -0.1) is 0 Å². The second-order valence-corrected chi connectivity index (χ2v) is 5.27. The molecule has 2 rings (SSSR count). The van der Waals surface area contributed by atoms with Gasteiger partial charge in [0.15, 0.2) is 0 Å². The van der Waals surface area contributed by atoms with E-state index in [1.54, 1.807) is 0 Å². The largest absolute Gasteiger partial charge is 0.393 e. The molecule has 0 spiro atoms. The quantitative estimate of drug-likeness (QED) is 0.841. The molecule has 2 unspecified atom stereocenters. The van der Waals surface area contributed by atoms with E-state index in [1.807, 2.05) is 0 Å². The van der Waals surface area contributed by atoms with E-state index in [9.17, 15) is 5.11 Å². The summed E-state index contributed by atoms with van der Waals surface area (Å²) in [5, 5.41) is 13.2. The van der Waals surface area contributed by atoms with Gasteiger partial charge in [0.25, 0.3) is 0 Å². The number of hydrogen-bond acceptors (Lipinski definition) is 2. The fourth-order valence-corrected chi connectivity index (χ4v) is 2.72. The van der Waals surface area contributed by atoms with Gasteiger partial charge >= 0.3 is 0 Å². The number of aliphatic hydroxyl groups excluding tert-OH is 1. The van der Waals surface area contributed by atoms with Crippen LogP contribution in [0.2, 0.25) is 0 Å². The molecule has 0 amide bonds. The highest BCUT2D eigenvalue weighted by Crippen LogP contribution is 2.20. The van der Waals surface area contributed by atoms with E-state index in [2.05, 4.69) is 37.4 Å². The molecule has 2 atom stereocenters. The van der Waals surface area contributed by atoms with Gasteiger partial charge in [0, 0.05) is 12.6 Å². The van der Waals surface area contributed by atoms with E-state index < -0.39 is 0 Å². The van der Waals surface area contributed by atoms with Crippen molar-refractivity contribution in [2.24, 2.45) is 0 Å². The predicted octanol–water partition coefficient (Wildman–Crippen LogP) is 2.70. The van der Waals surface area contributed by atoms with Gasteiger partial charge in [-0.1, -0.05) is 18.2 Å². The molecule has 2 nitrogen and oxygen atoms in total. The monoisotopic (exact) mass is 233 g/mol. The Bertz CT molecular complexity index is 355. The Balaban J connectivity index is 1.93. The van der Waals surface area contributed by atoms with Crippen LogP contribution in [0.4, 0.5) is 0 Å². The van der Waals surface area contributed by atoms with E-state index in [4.69, 9.17) is 0 Å². The van der Waals surface area contributed by atoms with Crippen LogP contribution in [-0.2, 0) is 6.54 Å². The summed E-state index contributed by atoms with van der Waals surface area (Å²) in [6.45, 7) is 5.26. The molecule has 0 aromatic heterocycles. The van der Waals surface area contributed by atoms with Crippen LogP contribution in [0.25, 0.3) is 0 Å². The van der Waals surface area contributed by atoms with Crippen LogP contribution in [0, 0.1) is 13.8 Å². The average Bonchev–Trinajstić information content (AvgIpc) is 2.28. The summed E-state index contributed by atoms with van der Waals surface area (Å²) in [6, 6.07) is 6.93. The van der Waals surface area contributed by atoms with Crippen LogP contribution in [0.15, 0.2) is 18.2 Å². The maximum atomic E-state index is 9.65. The average molecular weight is 233 g/mol. The molecule has 1 aromatic carbocycles. The Morgan fingerprint density at radius 3 is 2.59 bits per heavy atom. The first-order valence-electron chi connectivity index (χ1n) is 6.63. The third kappa shape index (κ3) is 3.30. The first-order chi connectivity index (χ1) is 8.16. The fraction of sp³-hybridized carbons (Fsp3) is 0.600. The van der Waals surface area contributed by atoms with Gasteiger partial charge in [-0.25, -0.2) is 0 Å². The summed E-state index contributed by atoms with van der Waals surface area (Å²) in [5.74, 6) is 0. The number of rotatable bonds is 3. The molecule has 1 fully saturated rings. The highest BCUT2D eigenvalue weighted by molar-refractivity contribution is 5.33. The third-order valence-corrected chi connectivity index (χ3v) is 3.86. The van der Waals surface area contributed by atoms with E-state index in [0.29, 0.717) is 6.04 Å². The highest BCUT2D eigenvalue weighted by Gasteiger charge is 2.19. The highest BCUT2D eigenvalue weighted by atomic mass is 16.3. The van der Waals surface area contributed by atoms with Gasteiger partial charge in [-0.2, -0.15) is 0 Å². The molecule has 2 heteroatoms. The SMILES string of the molecule is Cc1cccc(C)c1CNC1CCCC(O)C1. The van der Waals surface area contributed by atoms with Gasteiger partial charge in [-0.3, -0.25) is 0 Å². The van der Waals surface area contributed by atoms with E-state index >= 15 is 0 Å². The van der Waals surface area contributed by atoms with Gasteiger partial charge in [0.05, 0.1) is 6.10 Å². The first kappa shape index (κ1) is 12.6. The minimum atomic E-state index is -0.0979. The topological polar surface area (TPSA) is 32.3 Å². The van der Waals surface area contributed by atoms with Crippen LogP contribution in [0.3, 0.4) is 0 Å². The van der Waals surface area contributed by atoms with E-state index in [0.717, 1.165) is 25.8 Å². The van der Waals surface area contributed by atoms with Gasteiger partial charge < -0.3 is 10.4 Å². The van der Waals surface area contributed by atoms with Gasteiger partial charge in [0.1, 0.15) is 0 Å². The lowest BCUT2D eigenvalue weighted by Crippen LogP contribution is -2.35. The number of hydrogen-bond donors (Lipinski definition) is 2. The van der Waals surface area contributed by atoms with Crippen molar-refractivity contribution in [3.63, 3.8) is 0 Å². The molecule has 0 bridgehead atoms. The molecule has 94 valence electrons. The Labute approximate surface area is 104 Å². The second-order valence-electron chi connectivity index (χ2n) is 5.27. The molecule has 1 aromatic rings. The molecule has 17 heavy (non-hydrogen) atoms. The van der Waals surface area contributed by atoms with Crippen molar-refractivity contribution in [3.05, 3.63) is 34.9 Å². The number of aliphatic hydroxyl groups is 1. The zero-order valence-electron chi connectivity index (χ0n) is 10.9. The molecule has 0 radical (unpaired) electrons. The molecule has 0 aliphatic heterocycles. The van der Waals surface area contributed by atoms with Crippen molar-refractivity contribution in [1.82, 2.24) is 5.32 Å². The Kier molecular flexibility index (Phi) is 4.19. The van der Waals surface area contributed by atoms with Crippen LogP contribution in [-0.4, -0.2) is 17.3 Å². The normalized spacial score (nSPS) is 24.9. The van der Waals surface area contributed by atoms with Crippen molar-refractivity contribution in [1.29, 1.82) is 0 Å². The molecule has 0 saturated heterocycles. The molecule has 0 heterocycles. The van der Waals surface area contributed by atoms with Crippen molar-refractivity contribution < 1.29 is 5.11 Å². The number of nitrogens with one attached hydrogen (secondary N) is 1. The lowest BCUT2D eigenvalue weighted by Gasteiger charge is -2.27. The van der Waals surface area contributed by atoms with Crippen LogP contribution in [0.1, 0.15) is 42.4 Å². The van der Waals surface area contributed by atoms with Crippen molar-refractivity contribution in [2.75, 3.05) is 0 Å². The van der Waals surface area contributed by atoms with E-state index in [1.165, 1.54) is 23.1 Å². The molecular formula is C15H23NO. The van der Waals surface area contributed by atoms with Crippen molar-refractivity contribution >= 4 is 0 Å². The first-order valence-corrected chi connectivity index (χ1v) is 6.63. The Morgan fingerprint density at radius 1 is 1.24 bits per heavy atom.